The van der Waals surface area contributed by atoms with Gasteiger partial charge in [0, 0.05) is 43.3 Å². The van der Waals surface area contributed by atoms with Crippen LogP contribution in [0.4, 0.5) is 34.1 Å². The van der Waals surface area contributed by atoms with E-state index in [1.54, 1.807) is 11.1 Å². The van der Waals surface area contributed by atoms with Gasteiger partial charge in [0.25, 0.3) is 6.71 Å². The Morgan fingerprint density at radius 3 is 1.54 bits per heavy atom. The van der Waals surface area contributed by atoms with E-state index in [1.807, 2.05) is 0 Å². The maximum absolute atomic E-state index is 2.71. The summed E-state index contributed by atoms with van der Waals surface area (Å²) >= 11 is 2.07. The summed E-state index contributed by atoms with van der Waals surface area (Å²) < 4.78 is 2.90. The molecule has 0 fully saturated rings. The van der Waals surface area contributed by atoms with Crippen molar-refractivity contribution in [2.24, 2.45) is 0 Å². The number of hydrogen-bond acceptors (Lipinski definition) is 3. The number of aryl methyl sites for hydroxylation is 1. The van der Waals surface area contributed by atoms with Crippen molar-refractivity contribution in [2.45, 2.75) is 161 Å². The molecule has 2 aliphatic heterocycles. The van der Waals surface area contributed by atoms with Gasteiger partial charge >= 0.3 is 0 Å². The Hall–Kier alpha value is -4.28. The van der Waals surface area contributed by atoms with Crippen molar-refractivity contribution >= 4 is 78.0 Å². The number of rotatable bonds is 2. The van der Waals surface area contributed by atoms with Crippen LogP contribution in [0.15, 0.2) is 84.9 Å². The van der Waals surface area contributed by atoms with Crippen LogP contribution in [0, 0.1) is 6.92 Å². The Balaban J connectivity index is 1.27. The lowest BCUT2D eigenvalue weighted by atomic mass is 9.35. The molecule has 0 N–H and O–H groups in total. The molecular weight excluding hydrogens is 756 g/mol. The lowest BCUT2D eigenvalue weighted by molar-refractivity contribution is 0.332. The highest BCUT2D eigenvalue weighted by molar-refractivity contribution is 7.33. The fourth-order valence-corrected chi connectivity index (χ4v) is 13.9. The van der Waals surface area contributed by atoms with Gasteiger partial charge in [0.1, 0.15) is 0 Å². The van der Waals surface area contributed by atoms with E-state index in [4.69, 9.17) is 0 Å². The van der Waals surface area contributed by atoms with Crippen molar-refractivity contribution in [2.75, 3.05) is 9.80 Å². The van der Waals surface area contributed by atoms with Crippen molar-refractivity contribution in [3.05, 3.63) is 124 Å². The van der Waals surface area contributed by atoms with Gasteiger partial charge in [-0.3, -0.25) is 0 Å². The second-order valence-electron chi connectivity index (χ2n) is 23.9. The molecule has 4 heteroatoms. The lowest BCUT2D eigenvalue weighted by Crippen LogP contribution is -2.61. The van der Waals surface area contributed by atoms with E-state index in [9.17, 15) is 0 Å². The molecule has 2 nitrogen and oxygen atoms in total. The third-order valence-electron chi connectivity index (χ3n) is 16.9. The number of nitrogens with zero attached hydrogens (tertiary/aromatic N) is 2. The molecule has 312 valence electrons. The maximum atomic E-state index is 2.71. The average molecular weight is 821 g/mol. The van der Waals surface area contributed by atoms with Gasteiger partial charge in [-0.2, -0.15) is 0 Å². The van der Waals surface area contributed by atoms with Crippen LogP contribution in [0.5, 0.6) is 0 Å². The molecular formula is C57H65BN2S. The van der Waals surface area contributed by atoms with Crippen LogP contribution in [-0.2, 0) is 32.5 Å². The Labute approximate surface area is 370 Å². The number of hydrogen-bond donors (Lipinski definition) is 0. The smallest absolute Gasteiger partial charge is 0.264 e. The van der Waals surface area contributed by atoms with Crippen molar-refractivity contribution in [1.82, 2.24) is 0 Å². The fraction of sp³-hybridized carbons (Fsp3) is 0.439. The summed E-state index contributed by atoms with van der Waals surface area (Å²) in [6.45, 7) is 32.2. The molecule has 61 heavy (non-hydrogen) atoms. The van der Waals surface area contributed by atoms with Crippen LogP contribution in [0.1, 0.15) is 161 Å². The molecule has 0 saturated heterocycles. The summed E-state index contributed by atoms with van der Waals surface area (Å²) in [4.78, 5) is 5.37. The van der Waals surface area contributed by atoms with Crippen LogP contribution < -0.4 is 25.5 Å². The summed E-state index contributed by atoms with van der Waals surface area (Å²) in [6, 6.07) is 34.5. The Bertz CT molecular complexity index is 2850. The quantitative estimate of drug-likeness (QED) is 0.160. The van der Waals surface area contributed by atoms with Crippen LogP contribution in [0.25, 0.3) is 10.1 Å². The number of fused-ring (bicyclic) bond motifs is 9. The Morgan fingerprint density at radius 2 is 0.951 bits per heavy atom. The second-order valence-corrected chi connectivity index (χ2v) is 24.9. The molecule has 0 unspecified atom stereocenters. The zero-order valence-corrected chi connectivity index (χ0v) is 40.0. The topological polar surface area (TPSA) is 6.48 Å². The molecule has 5 aliphatic rings. The third kappa shape index (κ3) is 5.58. The monoisotopic (exact) mass is 820 g/mol. The maximum Gasteiger partial charge on any atom is 0.264 e. The number of benzene rings is 5. The molecule has 0 saturated carbocycles. The van der Waals surface area contributed by atoms with E-state index in [-0.39, 0.29) is 39.2 Å². The standard InChI is InChI=1S/C57H65BN2S/c1-34-27-46-49-47(28-34)60(35-17-15-14-16-18-35)50-37-30-40-43(57(12,13)26-23-54(40,6)7)33-48(37)61-51(50)58(49)44-31-41-42(56(10,11)25-24-55(41,8)9)32-45(44)59(46)36-19-20-38-39(29-36)53(4,5)22-21-52(38,2)3/h14-20,27-33H,21-26H2,1-13H3. The first-order valence-corrected chi connectivity index (χ1v) is 24.2. The molecule has 3 heterocycles. The average Bonchev–Trinajstić information content (AvgIpc) is 3.57. The minimum Gasteiger partial charge on any atom is -0.311 e. The Kier molecular flexibility index (Phi) is 8.08. The van der Waals surface area contributed by atoms with Crippen molar-refractivity contribution in [3.8, 4) is 0 Å². The SMILES string of the molecule is Cc1cc2c3c(c1)N(c1ccccc1)c1c(sc4cc5c(cc14)C(C)(C)CCC5(C)C)B3c1cc3c(cc1N2c1ccc2c(c1)C(C)(C)CCC2(C)C)C(C)(C)CCC3(C)C. The van der Waals surface area contributed by atoms with Crippen LogP contribution in [-0.4, -0.2) is 6.71 Å². The molecule has 0 bridgehead atoms. The van der Waals surface area contributed by atoms with E-state index >= 15 is 0 Å². The van der Waals surface area contributed by atoms with E-state index in [0.717, 1.165) is 0 Å². The molecule has 0 amide bonds. The lowest BCUT2D eigenvalue weighted by Gasteiger charge is -2.47. The summed E-state index contributed by atoms with van der Waals surface area (Å²) in [5, 5.41) is 1.41. The summed E-state index contributed by atoms with van der Waals surface area (Å²) in [7, 11) is 0. The summed E-state index contributed by atoms with van der Waals surface area (Å²) in [5.74, 6) is 0. The highest BCUT2D eigenvalue weighted by Gasteiger charge is 2.49. The molecule has 0 spiro atoms. The highest BCUT2D eigenvalue weighted by Crippen LogP contribution is 2.55. The van der Waals surface area contributed by atoms with Crippen LogP contribution in [0.3, 0.4) is 0 Å². The minimum atomic E-state index is 0.0869. The second kappa shape index (κ2) is 12.5. The van der Waals surface area contributed by atoms with Gasteiger partial charge in [-0.1, -0.05) is 113 Å². The van der Waals surface area contributed by atoms with Crippen molar-refractivity contribution in [1.29, 1.82) is 0 Å². The zero-order chi connectivity index (χ0) is 43.0. The first-order valence-electron chi connectivity index (χ1n) is 23.4. The van der Waals surface area contributed by atoms with Gasteiger partial charge in [-0.15, -0.1) is 11.3 Å². The van der Waals surface area contributed by atoms with Gasteiger partial charge in [0.15, 0.2) is 0 Å². The first kappa shape index (κ1) is 39.6. The van der Waals surface area contributed by atoms with Gasteiger partial charge in [0.05, 0.1) is 5.69 Å². The molecule has 1 aromatic heterocycles. The van der Waals surface area contributed by atoms with E-state index in [0.29, 0.717) is 0 Å². The summed E-state index contributed by atoms with van der Waals surface area (Å²) in [5.41, 5.74) is 22.0. The minimum absolute atomic E-state index is 0.0869. The molecule has 3 aliphatic carbocycles. The predicted octanol–water partition coefficient (Wildman–Crippen LogP) is 14.3. The van der Waals surface area contributed by atoms with Gasteiger partial charge in [0.2, 0.25) is 0 Å². The van der Waals surface area contributed by atoms with Crippen molar-refractivity contribution in [3.63, 3.8) is 0 Å². The predicted molar refractivity (Wildman–Crippen MR) is 266 cm³/mol. The molecule has 0 atom stereocenters. The van der Waals surface area contributed by atoms with Gasteiger partial charge in [-0.05, 0) is 182 Å². The summed E-state index contributed by atoms with van der Waals surface area (Å²) in [6.07, 6.45) is 7.23. The zero-order valence-electron chi connectivity index (χ0n) is 39.2. The van der Waals surface area contributed by atoms with E-state index in [2.05, 4.69) is 196 Å². The largest absolute Gasteiger partial charge is 0.311 e. The van der Waals surface area contributed by atoms with Crippen molar-refractivity contribution < 1.29 is 0 Å². The molecule has 11 rings (SSSR count). The van der Waals surface area contributed by atoms with Crippen LogP contribution in [0.2, 0.25) is 0 Å². The fourth-order valence-electron chi connectivity index (χ4n) is 12.6. The van der Waals surface area contributed by atoms with E-state index < -0.39 is 0 Å². The van der Waals surface area contributed by atoms with Gasteiger partial charge in [-0.25, -0.2) is 0 Å². The molecule has 5 aromatic carbocycles. The molecule has 0 radical (unpaired) electrons. The van der Waals surface area contributed by atoms with E-state index in [1.165, 1.54) is 126 Å². The number of para-hydroxylation sites is 1. The third-order valence-corrected chi connectivity index (χ3v) is 18.1. The highest BCUT2D eigenvalue weighted by atomic mass is 32.1. The first-order chi connectivity index (χ1) is 28.6. The van der Waals surface area contributed by atoms with Crippen LogP contribution >= 0.6 is 11.3 Å². The number of thiophene rings is 1. The number of anilines is 6. The van der Waals surface area contributed by atoms with Gasteiger partial charge < -0.3 is 9.80 Å². The normalized spacial score (nSPS) is 21.5. The Morgan fingerprint density at radius 1 is 0.459 bits per heavy atom. The molecule has 6 aromatic rings.